The van der Waals surface area contributed by atoms with Crippen LogP contribution in [0, 0.1) is 0 Å². The van der Waals surface area contributed by atoms with Crippen molar-refractivity contribution < 1.29 is 4.79 Å². The molecule has 0 spiro atoms. The highest BCUT2D eigenvalue weighted by Gasteiger charge is 2.09. The molecule has 0 atom stereocenters. The molecule has 0 saturated carbocycles. The van der Waals surface area contributed by atoms with Crippen molar-refractivity contribution in [2.24, 2.45) is 0 Å². The summed E-state index contributed by atoms with van der Waals surface area (Å²) in [6, 6.07) is 9.84. The van der Waals surface area contributed by atoms with Gasteiger partial charge in [0.1, 0.15) is 11.4 Å². The molecule has 0 aliphatic rings. The monoisotopic (exact) mass is 341 g/mol. The van der Waals surface area contributed by atoms with E-state index in [0.29, 0.717) is 12.2 Å². The van der Waals surface area contributed by atoms with Crippen LogP contribution in [0.3, 0.4) is 0 Å². The lowest BCUT2D eigenvalue weighted by Crippen LogP contribution is -2.08. The average molecular weight is 341 g/mol. The number of nitrogens with zero attached hydrogens (tertiary/aromatic N) is 4. The number of anilines is 1. The summed E-state index contributed by atoms with van der Waals surface area (Å²) < 4.78 is 1.75. The summed E-state index contributed by atoms with van der Waals surface area (Å²) in [4.78, 5) is 21.2. The lowest BCUT2D eigenvalue weighted by atomic mass is 10.2. The Bertz CT molecular complexity index is 844. The molecule has 0 aliphatic carbocycles. The highest BCUT2D eigenvalue weighted by atomic mass is 32.2. The Kier molecular flexibility index (Phi) is 5.10. The van der Waals surface area contributed by atoms with E-state index in [-0.39, 0.29) is 5.91 Å². The van der Waals surface area contributed by atoms with Crippen LogP contribution in [0.25, 0.3) is 5.78 Å². The number of aryl methyl sites for hydroxylation is 1. The second kappa shape index (κ2) is 7.44. The van der Waals surface area contributed by atoms with Gasteiger partial charge in [-0.05, 0) is 36.8 Å². The lowest BCUT2D eigenvalue weighted by molar-refractivity contribution is -0.115. The first-order valence-corrected chi connectivity index (χ1v) is 8.78. The summed E-state index contributed by atoms with van der Waals surface area (Å²) >= 11 is 1.60. The van der Waals surface area contributed by atoms with E-state index in [2.05, 4.69) is 33.4 Å². The predicted molar refractivity (Wildman–Crippen MR) is 94.3 cm³/mol. The van der Waals surface area contributed by atoms with Crippen molar-refractivity contribution in [1.29, 1.82) is 0 Å². The molecule has 0 saturated heterocycles. The van der Waals surface area contributed by atoms with Gasteiger partial charge in [-0.3, -0.25) is 4.79 Å². The Labute approximate surface area is 144 Å². The van der Waals surface area contributed by atoms with Crippen molar-refractivity contribution in [3.63, 3.8) is 0 Å². The third-order valence-electron chi connectivity index (χ3n) is 3.46. The van der Waals surface area contributed by atoms with Crippen LogP contribution < -0.4 is 5.32 Å². The van der Waals surface area contributed by atoms with Gasteiger partial charge in [-0.25, -0.2) is 4.98 Å². The zero-order valence-corrected chi connectivity index (χ0v) is 14.5. The standard InChI is InChI=1S/C17H19N5OS/c1-3-5-13-10-16(22-17(21-13)18-11-19-22)24-14-8-6-12(7-9-14)20-15(23)4-2/h6-11H,3-5H2,1-2H3,(H,20,23). The molecule has 0 radical (unpaired) electrons. The number of hydrogen-bond acceptors (Lipinski definition) is 5. The number of carbonyl (C=O) groups excluding carboxylic acids is 1. The Morgan fingerprint density at radius 1 is 1.25 bits per heavy atom. The molecule has 3 aromatic rings. The van der Waals surface area contributed by atoms with Crippen LogP contribution >= 0.6 is 11.8 Å². The van der Waals surface area contributed by atoms with Gasteiger partial charge >= 0.3 is 0 Å². The number of carbonyl (C=O) groups is 1. The van der Waals surface area contributed by atoms with Crippen LogP contribution in [0.2, 0.25) is 0 Å². The van der Waals surface area contributed by atoms with E-state index < -0.39 is 0 Å². The van der Waals surface area contributed by atoms with Gasteiger partial charge in [-0.2, -0.15) is 14.6 Å². The average Bonchev–Trinajstić information content (AvgIpc) is 3.05. The maximum Gasteiger partial charge on any atom is 0.253 e. The van der Waals surface area contributed by atoms with Crippen LogP contribution in [-0.4, -0.2) is 25.5 Å². The molecule has 1 amide bonds. The van der Waals surface area contributed by atoms with E-state index in [0.717, 1.165) is 34.1 Å². The molecule has 2 heterocycles. The fourth-order valence-corrected chi connectivity index (χ4v) is 3.19. The molecule has 124 valence electrons. The summed E-state index contributed by atoms with van der Waals surface area (Å²) in [7, 11) is 0. The Morgan fingerprint density at radius 3 is 2.75 bits per heavy atom. The molecule has 24 heavy (non-hydrogen) atoms. The van der Waals surface area contributed by atoms with Crippen molar-refractivity contribution >= 4 is 29.1 Å². The van der Waals surface area contributed by atoms with Crippen LogP contribution in [0.5, 0.6) is 0 Å². The molecule has 1 N–H and O–H groups in total. The second-order valence-corrected chi connectivity index (χ2v) is 6.43. The number of fused-ring (bicyclic) bond motifs is 1. The fraction of sp³-hybridized carbons (Fsp3) is 0.294. The first-order valence-electron chi connectivity index (χ1n) is 7.97. The minimum atomic E-state index is 0.0121. The van der Waals surface area contributed by atoms with Gasteiger partial charge in [0.15, 0.2) is 0 Å². The van der Waals surface area contributed by atoms with E-state index in [1.165, 1.54) is 6.33 Å². The van der Waals surface area contributed by atoms with Gasteiger partial charge in [0.25, 0.3) is 5.78 Å². The van der Waals surface area contributed by atoms with E-state index in [9.17, 15) is 4.79 Å². The van der Waals surface area contributed by atoms with Crippen molar-refractivity contribution in [2.75, 3.05) is 5.32 Å². The third-order valence-corrected chi connectivity index (χ3v) is 4.47. The fourth-order valence-electron chi connectivity index (χ4n) is 2.26. The van der Waals surface area contributed by atoms with E-state index in [4.69, 9.17) is 0 Å². The molecule has 7 heteroatoms. The zero-order chi connectivity index (χ0) is 16.9. The molecule has 0 bridgehead atoms. The van der Waals surface area contributed by atoms with Crippen LogP contribution in [-0.2, 0) is 11.2 Å². The summed E-state index contributed by atoms with van der Waals surface area (Å²) in [5.74, 6) is 0.633. The van der Waals surface area contributed by atoms with Crippen molar-refractivity contribution in [1.82, 2.24) is 19.6 Å². The zero-order valence-electron chi connectivity index (χ0n) is 13.7. The van der Waals surface area contributed by atoms with Crippen molar-refractivity contribution in [3.05, 3.63) is 42.4 Å². The van der Waals surface area contributed by atoms with Crippen LogP contribution in [0.4, 0.5) is 5.69 Å². The predicted octanol–water partition coefficient (Wildman–Crippen LogP) is 3.58. The minimum absolute atomic E-state index is 0.0121. The number of aromatic nitrogens is 4. The maximum atomic E-state index is 11.4. The van der Waals surface area contributed by atoms with Gasteiger partial charge in [0, 0.05) is 22.7 Å². The van der Waals surface area contributed by atoms with Crippen LogP contribution in [0.15, 0.2) is 46.6 Å². The van der Waals surface area contributed by atoms with Gasteiger partial charge in [0.05, 0.1) is 0 Å². The van der Waals surface area contributed by atoms with Gasteiger partial charge in [-0.15, -0.1) is 0 Å². The first kappa shape index (κ1) is 16.4. The third kappa shape index (κ3) is 3.73. The first-order chi connectivity index (χ1) is 11.7. The molecular weight excluding hydrogens is 322 g/mol. The molecule has 1 aromatic carbocycles. The second-order valence-electron chi connectivity index (χ2n) is 5.34. The van der Waals surface area contributed by atoms with E-state index >= 15 is 0 Å². The number of amides is 1. The quantitative estimate of drug-likeness (QED) is 0.694. The molecule has 0 aliphatic heterocycles. The largest absolute Gasteiger partial charge is 0.326 e. The van der Waals surface area contributed by atoms with Gasteiger partial charge in [-0.1, -0.05) is 32.0 Å². The lowest BCUT2D eigenvalue weighted by Gasteiger charge is -2.08. The molecule has 6 nitrogen and oxygen atoms in total. The summed E-state index contributed by atoms with van der Waals surface area (Å²) in [5.41, 5.74) is 1.82. The molecule has 0 fully saturated rings. The van der Waals surface area contributed by atoms with Crippen molar-refractivity contribution in [2.45, 2.75) is 43.0 Å². The van der Waals surface area contributed by atoms with E-state index in [1.54, 1.807) is 16.3 Å². The SMILES string of the molecule is CCCc1cc(Sc2ccc(NC(=O)CC)cc2)n2ncnc2n1. The number of hydrogen-bond donors (Lipinski definition) is 1. The Balaban J connectivity index is 1.83. The van der Waals surface area contributed by atoms with E-state index in [1.807, 2.05) is 31.2 Å². The summed E-state index contributed by atoms with van der Waals surface area (Å²) in [6.07, 6.45) is 3.94. The smallest absolute Gasteiger partial charge is 0.253 e. The highest BCUT2D eigenvalue weighted by Crippen LogP contribution is 2.29. The van der Waals surface area contributed by atoms with Gasteiger partial charge in [0.2, 0.25) is 5.91 Å². The van der Waals surface area contributed by atoms with Gasteiger partial charge < -0.3 is 5.32 Å². The van der Waals surface area contributed by atoms with Crippen molar-refractivity contribution in [3.8, 4) is 0 Å². The topological polar surface area (TPSA) is 72.2 Å². The normalized spacial score (nSPS) is 10.9. The molecular formula is C17H19N5OS. The number of benzene rings is 1. The molecule has 0 unspecified atom stereocenters. The molecule has 2 aromatic heterocycles. The van der Waals surface area contributed by atoms with Crippen LogP contribution in [0.1, 0.15) is 32.4 Å². The Morgan fingerprint density at radius 2 is 2.04 bits per heavy atom. The minimum Gasteiger partial charge on any atom is -0.326 e. The number of nitrogens with one attached hydrogen (secondary N) is 1. The Hall–Kier alpha value is -2.41. The molecule has 3 rings (SSSR count). The number of rotatable bonds is 6. The highest BCUT2D eigenvalue weighted by molar-refractivity contribution is 7.99. The summed E-state index contributed by atoms with van der Waals surface area (Å²) in [6.45, 7) is 3.96. The maximum absolute atomic E-state index is 11.4. The summed E-state index contributed by atoms with van der Waals surface area (Å²) in [5, 5.41) is 8.08.